The number of rotatable bonds is 3. The van der Waals surface area contributed by atoms with Gasteiger partial charge in [0.2, 0.25) is 0 Å². The summed E-state index contributed by atoms with van der Waals surface area (Å²) < 4.78 is 7.03. The van der Waals surface area contributed by atoms with Crippen LogP contribution in [-0.4, -0.2) is 19.2 Å². The minimum atomic E-state index is 0.270. The molecule has 2 rings (SSSR count). The molecule has 16 heavy (non-hydrogen) atoms. The Balaban J connectivity index is 1.96. The van der Waals surface area contributed by atoms with Gasteiger partial charge in [-0.2, -0.15) is 0 Å². The molecule has 0 aromatic heterocycles. The van der Waals surface area contributed by atoms with Gasteiger partial charge in [-0.1, -0.05) is 12.1 Å². The number of hydrogen-bond donors (Lipinski definition) is 1. The molecule has 2 atom stereocenters. The normalized spacial score (nSPS) is 22.8. The number of nitrogens with one attached hydrogen (secondary N) is 1. The summed E-state index contributed by atoms with van der Waals surface area (Å²) in [4.78, 5) is 0. The summed E-state index contributed by atoms with van der Waals surface area (Å²) in [5.41, 5.74) is 0. The van der Waals surface area contributed by atoms with Crippen LogP contribution in [0.25, 0.3) is 0 Å². The predicted octanol–water partition coefficient (Wildman–Crippen LogP) is 3.22. The molecule has 0 radical (unpaired) electrons. The molecule has 1 aliphatic heterocycles. The first-order valence-corrected chi connectivity index (χ1v) is 6.68. The third kappa shape index (κ3) is 2.98. The topological polar surface area (TPSA) is 21.3 Å². The van der Waals surface area contributed by atoms with Crippen LogP contribution in [0.4, 0.5) is 0 Å². The van der Waals surface area contributed by atoms with Gasteiger partial charge < -0.3 is 10.1 Å². The van der Waals surface area contributed by atoms with Gasteiger partial charge in [-0.25, -0.2) is 0 Å². The molecule has 1 saturated heterocycles. The van der Waals surface area contributed by atoms with Gasteiger partial charge in [0.1, 0.15) is 5.75 Å². The molecular formula is C13H18BrNO. The smallest absolute Gasteiger partial charge is 0.133 e. The van der Waals surface area contributed by atoms with Gasteiger partial charge in [0.25, 0.3) is 0 Å². The van der Waals surface area contributed by atoms with E-state index in [9.17, 15) is 0 Å². The minimum absolute atomic E-state index is 0.270. The summed E-state index contributed by atoms with van der Waals surface area (Å²) in [7, 11) is 0. The van der Waals surface area contributed by atoms with Crippen molar-refractivity contribution in [1.29, 1.82) is 0 Å². The fourth-order valence-corrected chi connectivity index (χ4v) is 2.49. The highest BCUT2D eigenvalue weighted by Gasteiger charge is 2.21. The van der Waals surface area contributed by atoms with Crippen LogP contribution in [0.5, 0.6) is 5.75 Å². The zero-order valence-electron chi connectivity index (χ0n) is 9.58. The van der Waals surface area contributed by atoms with E-state index >= 15 is 0 Å². The Kier molecular flexibility index (Phi) is 4.24. The molecule has 0 aliphatic carbocycles. The lowest BCUT2D eigenvalue weighted by Crippen LogP contribution is -2.37. The molecule has 0 bridgehead atoms. The summed E-state index contributed by atoms with van der Waals surface area (Å²) in [5, 5.41) is 3.42. The van der Waals surface area contributed by atoms with Crippen LogP contribution in [0.15, 0.2) is 28.7 Å². The Morgan fingerprint density at radius 1 is 1.44 bits per heavy atom. The van der Waals surface area contributed by atoms with E-state index in [1.165, 1.54) is 12.8 Å². The highest BCUT2D eigenvalue weighted by molar-refractivity contribution is 9.10. The second-order valence-electron chi connectivity index (χ2n) is 4.36. The fourth-order valence-electron chi connectivity index (χ4n) is 2.12. The van der Waals surface area contributed by atoms with Gasteiger partial charge in [-0.15, -0.1) is 0 Å². The van der Waals surface area contributed by atoms with Crippen LogP contribution in [0.3, 0.4) is 0 Å². The fraction of sp³-hybridized carbons (Fsp3) is 0.538. The second kappa shape index (κ2) is 5.69. The Bertz CT molecular complexity index is 336. The van der Waals surface area contributed by atoms with E-state index in [0.29, 0.717) is 5.92 Å². The number of benzene rings is 1. The lowest BCUT2D eigenvalue weighted by atomic mass is 9.95. The van der Waals surface area contributed by atoms with Crippen LogP contribution in [0.1, 0.15) is 19.8 Å². The average Bonchev–Trinajstić information content (AvgIpc) is 2.33. The van der Waals surface area contributed by atoms with Gasteiger partial charge in [-0.05, 0) is 54.4 Å². The third-order valence-electron chi connectivity index (χ3n) is 3.15. The number of para-hydroxylation sites is 1. The highest BCUT2D eigenvalue weighted by atomic mass is 79.9. The van der Waals surface area contributed by atoms with E-state index in [1.807, 2.05) is 24.3 Å². The second-order valence-corrected chi connectivity index (χ2v) is 5.21. The first-order chi connectivity index (χ1) is 7.77. The molecule has 0 spiro atoms. The van der Waals surface area contributed by atoms with Crippen LogP contribution in [0.2, 0.25) is 0 Å². The molecule has 1 heterocycles. The molecule has 1 aliphatic rings. The van der Waals surface area contributed by atoms with E-state index in [0.717, 1.165) is 23.3 Å². The molecule has 2 nitrogen and oxygen atoms in total. The van der Waals surface area contributed by atoms with Crippen LogP contribution >= 0.6 is 15.9 Å². The largest absolute Gasteiger partial charge is 0.489 e. The molecule has 1 aromatic rings. The molecule has 1 N–H and O–H groups in total. The van der Waals surface area contributed by atoms with Crippen molar-refractivity contribution < 1.29 is 4.74 Å². The Morgan fingerprint density at radius 3 is 2.94 bits per heavy atom. The molecular weight excluding hydrogens is 266 g/mol. The van der Waals surface area contributed by atoms with Crippen LogP contribution in [0, 0.1) is 5.92 Å². The van der Waals surface area contributed by atoms with Crippen molar-refractivity contribution in [2.24, 2.45) is 5.92 Å². The van der Waals surface area contributed by atoms with Crippen molar-refractivity contribution in [3.05, 3.63) is 28.7 Å². The first-order valence-electron chi connectivity index (χ1n) is 5.89. The van der Waals surface area contributed by atoms with Crippen molar-refractivity contribution in [1.82, 2.24) is 5.32 Å². The van der Waals surface area contributed by atoms with Crippen molar-refractivity contribution in [3.63, 3.8) is 0 Å². The zero-order valence-corrected chi connectivity index (χ0v) is 11.2. The van der Waals surface area contributed by atoms with Crippen molar-refractivity contribution in [2.75, 3.05) is 13.1 Å². The molecule has 0 saturated carbocycles. The molecule has 2 unspecified atom stereocenters. The monoisotopic (exact) mass is 283 g/mol. The molecule has 1 fully saturated rings. The molecule has 3 heteroatoms. The van der Waals surface area contributed by atoms with Gasteiger partial charge in [0.15, 0.2) is 0 Å². The van der Waals surface area contributed by atoms with Crippen LogP contribution < -0.4 is 10.1 Å². The standard InChI is InChI=1S/C13H18BrNO/c1-10(11-5-4-8-15-9-11)16-13-7-3-2-6-12(13)14/h2-3,6-7,10-11,15H,4-5,8-9H2,1H3. The Morgan fingerprint density at radius 2 is 2.25 bits per heavy atom. The average molecular weight is 284 g/mol. The van der Waals surface area contributed by atoms with E-state index < -0.39 is 0 Å². The van der Waals surface area contributed by atoms with E-state index in [2.05, 4.69) is 28.2 Å². The maximum atomic E-state index is 6.00. The number of hydrogen-bond acceptors (Lipinski definition) is 2. The van der Waals surface area contributed by atoms with Gasteiger partial charge in [0.05, 0.1) is 10.6 Å². The highest BCUT2D eigenvalue weighted by Crippen LogP contribution is 2.27. The van der Waals surface area contributed by atoms with E-state index in [1.54, 1.807) is 0 Å². The summed E-state index contributed by atoms with van der Waals surface area (Å²) in [6.07, 6.45) is 2.79. The van der Waals surface area contributed by atoms with Crippen molar-refractivity contribution in [2.45, 2.75) is 25.9 Å². The maximum Gasteiger partial charge on any atom is 0.133 e. The molecule has 1 aromatic carbocycles. The minimum Gasteiger partial charge on any atom is -0.489 e. The number of piperidine rings is 1. The summed E-state index contributed by atoms with van der Waals surface area (Å²) in [6, 6.07) is 8.04. The Hall–Kier alpha value is -0.540. The predicted molar refractivity (Wildman–Crippen MR) is 69.8 cm³/mol. The first kappa shape index (κ1) is 11.9. The van der Waals surface area contributed by atoms with Crippen LogP contribution in [-0.2, 0) is 0 Å². The summed E-state index contributed by atoms with van der Waals surface area (Å²) in [6.45, 7) is 4.39. The lowest BCUT2D eigenvalue weighted by molar-refractivity contribution is 0.130. The quantitative estimate of drug-likeness (QED) is 0.920. The third-order valence-corrected chi connectivity index (χ3v) is 3.80. The van der Waals surface area contributed by atoms with Gasteiger partial charge in [0, 0.05) is 12.5 Å². The van der Waals surface area contributed by atoms with E-state index in [4.69, 9.17) is 4.74 Å². The van der Waals surface area contributed by atoms with Crippen molar-refractivity contribution >= 4 is 15.9 Å². The SMILES string of the molecule is CC(Oc1ccccc1Br)C1CCCNC1. The Labute approximate surface area is 106 Å². The molecule has 88 valence electrons. The summed E-state index contributed by atoms with van der Waals surface area (Å²) >= 11 is 3.51. The lowest BCUT2D eigenvalue weighted by Gasteiger charge is -2.29. The molecule has 0 amide bonds. The van der Waals surface area contributed by atoms with Crippen molar-refractivity contribution in [3.8, 4) is 5.75 Å². The number of ether oxygens (including phenoxy) is 1. The zero-order chi connectivity index (χ0) is 11.4. The summed E-state index contributed by atoms with van der Waals surface area (Å²) in [5.74, 6) is 1.57. The van der Waals surface area contributed by atoms with Gasteiger partial charge in [-0.3, -0.25) is 0 Å². The number of halogens is 1. The van der Waals surface area contributed by atoms with E-state index in [-0.39, 0.29) is 6.10 Å². The van der Waals surface area contributed by atoms with Gasteiger partial charge >= 0.3 is 0 Å². The maximum absolute atomic E-state index is 6.00.